The van der Waals surface area contributed by atoms with E-state index in [9.17, 15) is 9.59 Å². The second-order valence-electron chi connectivity index (χ2n) is 5.34. The number of carboxylic acid groups (broad SMARTS) is 1. The molecule has 0 aliphatic carbocycles. The summed E-state index contributed by atoms with van der Waals surface area (Å²) in [6, 6.07) is 3.13. The van der Waals surface area contributed by atoms with Crippen molar-refractivity contribution in [3.8, 4) is 0 Å². The fourth-order valence-corrected chi connectivity index (χ4v) is 3.02. The number of carbonyl (C=O) groups is 2. The summed E-state index contributed by atoms with van der Waals surface area (Å²) >= 11 is 4.62. The average molecular weight is 350 g/mol. The van der Waals surface area contributed by atoms with Crippen LogP contribution in [0.4, 0.5) is 0 Å². The highest BCUT2D eigenvalue weighted by molar-refractivity contribution is 9.11. The number of nitrogens with one attached hydrogen (secondary N) is 1. The van der Waals surface area contributed by atoms with Gasteiger partial charge >= 0.3 is 5.97 Å². The minimum atomic E-state index is -0.911. The van der Waals surface area contributed by atoms with Crippen LogP contribution in [0.3, 0.4) is 0 Å². The zero-order valence-electron chi connectivity index (χ0n) is 11.1. The third kappa shape index (κ3) is 6.17. The number of carbonyl (C=O) groups excluding carboxylic acids is 1. The molecule has 0 unspecified atom stereocenters. The lowest BCUT2D eigenvalue weighted by Crippen LogP contribution is -2.49. The third-order valence-electron chi connectivity index (χ3n) is 2.32. The number of halogens is 1. The second-order valence-corrected chi connectivity index (χ2v) is 7.81. The van der Waals surface area contributed by atoms with Crippen LogP contribution in [0.2, 0.25) is 0 Å². The van der Waals surface area contributed by atoms with Gasteiger partial charge in [-0.05, 0) is 28.1 Å². The minimum Gasteiger partial charge on any atom is -0.481 e. The largest absolute Gasteiger partial charge is 0.481 e. The zero-order chi connectivity index (χ0) is 14.6. The third-order valence-corrected chi connectivity index (χ3v) is 3.94. The summed E-state index contributed by atoms with van der Waals surface area (Å²) in [5.41, 5.74) is 0. The maximum absolute atomic E-state index is 12.0. The molecule has 0 fully saturated rings. The standard InChI is InChI=1S/C12H17BrN2O3S/c1-15(2,3)7-8(6-11(16)17)14-12(18)9-4-5-10(13)19-9/h4-5,8H,6-7H2,1-3H3,(H-,14,16,17,18)/p+1/t8-/m1/s1. The molecule has 0 saturated heterocycles. The number of nitrogens with zero attached hydrogens (tertiary/aromatic N) is 1. The van der Waals surface area contributed by atoms with E-state index in [-0.39, 0.29) is 18.4 Å². The van der Waals surface area contributed by atoms with Gasteiger partial charge in [0.25, 0.3) is 5.91 Å². The first-order valence-corrected chi connectivity index (χ1v) is 7.37. The van der Waals surface area contributed by atoms with Crippen LogP contribution in [0, 0.1) is 0 Å². The molecule has 7 heteroatoms. The molecule has 0 aromatic carbocycles. The van der Waals surface area contributed by atoms with Crippen molar-refractivity contribution in [2.75, 3.05) is 27.7 Å². The Labute approximate surface area is 124 Å². The highest BCUT2D eigenvalue weighted by atomic mass is 79.9. The quantitative estimate of drug-likeness (QED) is 0.769. The average Bonchev–Trinajstić information content (AvgIpc) is 2.60. The molecule has 1 heterocycles. The van der Waals surface area contributed by atoms with E-state index in [4.69, 9.17) is 5.11 Å². The highest BCUT2D eigenvalue weighted by Crippen LogP contribution is 2.22. The number of aliphatic carboxylic acids is 1. The van der Waals surface area contributed by atoms with Gasteiger partial charge < -0.3 is 14.9 Å². The SMILES string of the molecule is C[N+](C)(C)C[C@@H](CC(=O)O)NC(=O)c1ccc(Br)s1. The highest BCUT2D eigenvalue weighted by Gasteiger charge is 2.23. The number of hydrogen-bond acceptors (Lipinski definition) is 3. The van der Waals surface area contributed by atoms with Crippen LogP contribution in [-0.4, -0.2) is 55.2 Å². The topological polar surface area (TPSA) is 66.4 Å². The van der Waals surface area contributed by atoms with Gasteiger partial charge in [-0.25, -0.2) is 0 Å². The lowest BCUT2D eigenvalue weighted by molar-refractivity contribution is -0.871. The van der Waals surface area contributed by atoms with Gasteiger partial charge in [0, 0.05) is 0 Å². The second kappa shape index (κ2) is 6.49. The van der Waals surface area contributed by atoms with Crippen molar-refractivity contribution in [2.45, 2.75) is 12.5 Å². The van der Waals surface area contributed by atoms with E-state index in [2.05, 4.69) is 21.2 Å². The summed E-state index contributed by atoms with van der Waals surface area (Å²) in [6.07, 6.45) is -0.0756. The zero-order valence-corrected chi connectivity index (χ0v) is 13.5. The van der Waals surface area contributed by atoms with Crippen LogP contribution >= 0.6 is 27.3 Å². The van der Waals surface area contributed by atoms with Crippen molar-refractivity contribution in [2.24, 2.45) is 0 Å². The molecule has 1 amide bonds. The first-order valence-electron chi connectivity index (χ1n) is 5.76. The molecule has 0 saturated carbocycles. The van der Waals surface area contributed by atoms with Crippen LogP contribution in [0.1, 0.15) is 16.1 Å². The predicted molar refractivity (Wildman–Crippen MR) is 78.4 cm³/mol. The lowest BCUT2D eigenvalue weighted by Gasteiger charge is -2.29. The molecule has 1 atom stereocenters. The fourth-order valence-electron chi connectivity index (χ4n) is 1.73. The van der Waals surface area contributed by atoms with E-state index < -0.39 is 5.97 Å². The van der Waals surface area contributed by atoms with Crippen molar-refractivity contribution in [3.63, 3.8) is 0 Å². The van der Waals surface area contributed by atoms with E-state index in [0.29, 0.717) is 15.9 Å². The summed E-state index contributed by atoms with van der Waals surface area (Å²) < 4.78 is 1.46. The Balaban J connectivity index is 2.71. The van der Waals surface area contributed by atoms with Gasteiger partial charge in [0.15, 0.2) is 0 Å². The maximum atomic E-state index is 12.0. The molecule has 0 aliphatic heterocycles. The number of hydrogen-bond donors (Lipinski definition) is 2. The van der Waals surface area contributed by atoms with Gasteiger partial charge in [-0.15, -0.1) is 11.3 Å². The molecule has 0 bridgehead atoms. The van der Waals surface area contributed by atoms with Crippen LogP contribution in [0.15, 0.2) is 15.9 Å². The Bertz CT molecular complexity index is 468. The smallest absolute Gasteiger partial charge is 0.305 e. The molecule has 1 aromatic rings. The number of quaternary nitrogens is 1. The van der Waals surface area contributed by atoms with Gasteiger partial charge in [-0.1, -0.05) is 0 Å². The Morgan fingerprint density at radius 2 is 2.05 bits per heavy atom. The Kier molecular flexibility index (Phi) is 5.51. The van der Waals surface area contributed by atoms with E-state index in [1.54, 1.807) is 12.1 Å². The Morgan fingerprint density at radius 1 is 1.42 bits per heavy atom. The summed E-state index contributed by atoms with van der Waals surface area (Å²) in [5, 5.41) is 11.7. The first-order chi connectivity index (χ1) is 8.67. The molecule has 19 heavy (non-hydrogen) atoms. The van der Waals surface area contributed by atoms with Crippen LogP contribution in [-0.2, 0) is 4.79 Å². The van der Waals surface area contributed by atoms with Crippen molar-refractivity contribution in [1.82, 2.24) is 5.32 Å². The van der Waals surface area contributed by atoms with Gasteiger partial charge in [0.1, 0.15) is 0 Å². The van der Waals surface area contributed by atoms with Gasteiger partial charge in [0.05, 0.1) is 48.8 Å². The monoisotopic (exact) mass is 349 g/mol. The molecule has 0 spiro atoms. The van der Waals surface area contributed by atoms with Crippen molar-refractivity contribution < 1.29 is 19.2 Å². The van der Waals surface area contributed by atoms with Crippen molar-refractivity contribution in [3.05, 3.63) is 20.8 Å². The minimum absolute atomic E-state index is 0.0756. The van der Waals surface area contributed by atoms with Gasteiger partial charge in [-0.3, -0.25) is 9.59 Å². The number of thiophene rings is 1. The summed E-state index contributed by atoms with van der Waals surface area (Å²) in [4.78, 5) is 23.4. The summed E-state index contributed by atoms with van der Waals surface area (Å²) in [6.45, 7) is 0.560. The van der Waals surface area contributed by atoms with Crippen LogP contribution in [0.25, 0.3) is 0 Å². The molecule has 0 aliphatic rings. The molecule has 2 N–H and O–H groups in total. The number of rotatable bonds is 6. The van der Waals surface area contributed by atoms with Crippen molar-refractivity contribution >= 4 is 39.1 Å². The number of amides is 1. The van der Waals surface area contributed by atoms with Gasteiger partial charge in [-0.2, -0.15) is 0 Å². The maximum Gasteiger partial charge on any atom is 0.305 e. The van der Waals surface area contributed by atoms with E-state index in [1.165, 1.54) is 11.3 Å². The molecular formula is C12H18BrN2O3S+. The van der Waals surface area contributed by atoms with E-state index in [1.807, 2.05) is 21.1 Å². The van der Waals surface area contributed by atoms with Crippen molar-refractivity contribution in [1.29, 1.82) is 0 Å². The summed E-state index contributed by atoms with van der Waals surface area (Å²) in [5.74, 6) is -1.14. The number of likely N-dealkylation sites (N-methyl/N-ethyl adjacent to an activating group) is 1. The molecule has 5 nitrogen and oxygen atoms in total. The Morgan fingerprint density at radius 3 is 2.47 bits per heavy atom. The lowest BCUT2D eigenvalue weighted by atomic mass is 10.2. The molecule has 1 aromatic heterocycles. The molecular weight excluding hydrogens is 332 g/mol. The normalized spacial score (nSPS) is 13.1. The summed E-state index contributed by atoms with van der Waals surface area (Å²) in [7, 11) is 5.88. The van der Waals surface area contributed by atoms with Crippen LogP contribution < -0.4 is 5.32 Å². The molecule has 0 radical (unpaired) electrons. The number of carboxylic acids is 1. The first kappa shape index (κ1) is 16.1. The fraction of sp³-hybridized carbons (Fsp3) is 0.500. The Hall–Kier alpha value is -0.920. The molecule has 1 rings (SSSR count). The molecule has 106 valence electrons. The van der Waals surface area contributed by atoms with E-state index >= 15 is 0 Å². The van der Waals surface area contributed by atoms with Gasteiger partial charge in [0.2, 0.25) is 0 Å². The van der Waals surface area contributed by atoms with E-state index in [0.717, 1.165) is 3.79 Å². The predicted octanol–water partition coefficient (Wildman–Crippen LogP) is 1.79. The van der Waals surface area contributed by atoms with Crippen LogP contribution in [0.5, 0.6) is 0 Å².